The molecule has 0 saturated carbocycles. The Morgan fingerprint density at radius 3 is 1.47 bits per heavy atom. The van der Waals surface area contributed by atoms with Gasteiger partial charge in [-0.3, -0.25) is 0 Å². The Morgan fingerprint density at radius 1 is 0.340 bits per heavy atom. The van der Waals surface area contributed by atoms with Crippen LogP contribution in [0.1, 0.15) is 0 Å². The van der Waals surface area contributed by atoms with Crippen LogP contribution in [-0.4, -0.2) is 15.0 Å². The smallest absolute Gasteiger partial charge is 0.200 e. The summed E-state index contributed by atoms with van der Waals surface area (Å²) in [6.07, 6.45) is 0. The van der Waals surface area contributed by atoms with Crippen LogP contribution in [0, 0.1) is 29.1 Å². The third-order valence-corrected chi connectivity index (χ3v) is 8.25. The van der Waals surface area contributed by atoms with Gasteiger partial charge in [-0.05, 0) is 23.8 Å². The molecule has 8 rings (SSSR count). The number of para-hydroxylation sites is 1. The Bertz CT molecular complexity index is 2470. The number of benzene rings is 6. The maximum Gasteiger partial charge on any atom is 0.200 e. The first-order valence-corrected chi connectivity index (χ1v) is 14.7. The van der Waals surface area contributed by atoms with Gasteiger partial charge in [-0.25, -0.2) is 36.9 Å². The molecule has 6 aromatic carbocycles. The third kappa shape index (κ3) is 4.60. The van der Waals surface area contributed by atoms with E-state index in [-0.39, 0.29) is 5.56 Å². The molecule has 8 heteroatoms. The highest BCUT2D eigenvalue weighted by Crippen LogP contribution is 2.40. The van der Waals surface area contributed by atoms with Gasteiger partial charge in [0, 0.05) is 32.8 Å². The van der Waals surface area contributed by atoms with Crippen LogP contribution >= 0.6 is 0 Å². The number of hydrogen-bond donors (Lipinski definition) is 0. The van der Waals surface area contributed by atoms with Crippen molar-refractivity contribution in [1.29, 1.82) is 0 Å². The van der Waals surface area contributed by atoms with Crippen molar-refractivity contribution in [2.24, 2.45) is 0 Å². The first-order valence-electron chi connectivity index (χ1n) is 14.7. The number of fused-ring (bicyclic) bond motifs is 5. The molecule has 0 radical (unpaired) electrons. The molecule has 0 spiro atoms. The van der Waals surface area contributed by atoms with Crippen LogP contribution in [-0.2, 0) is 0 Å². The van der Waals surface area contributed by atoms with Crippen molar-refractivity contribution in [3.63, 3.8) is 0 Å². The highest BCUT2D eigenvalue weighted by molar-refractivity contribution is 6.21. The lowest BCUT2D eigenvalue weighted by Crippen LogP contribution is -2.04. The lowest BCUT2D eigenvalue weighted by Gasteiger charge is -2.15. The predicted octanol–water partition coefficient (Wildman–Crippen LogP) is 10.7. The molecule has 2 aromatic heterocycles. The summed E-state index contributed by atoms with van der Waals surface area (Å²) < 4.78 is 70.8. The van der Waals surface area contributed by atoms with Crippen molar-refractivity contribution in [3.05, 3.63) is 150 Å². The van der Waals surface area contributed by atoms with Crippen molar-refractivity contribution in [3.8, 4) is 44.9 Å². The Morgan fingerprint density at radius 2 is 0.830 bits per heavy atom. The molecule has 0 aliphatic rings. The van der Waals surface area contributed by atoms with E-state index in [0.29, 0.717) is 33.5 Å². The lowest BCUT2D eigenvalue weighted by atomic mass is 9.96. The molecule has 0 unspecified atom stereocenters. The standard InChI is InChI=1S/C39H20F5N3/c40-31-29(32(41)34(43)35(44)33(31)42)21-15-17-24(18-16-21)36-26-19-20-28-39(30(26)25-13-7-8-14-27(25)45-36)47-38(23-11-5-2-6-12-23)37(46-28)22-9-3-1-4-10-22/h1-20H. The molecule has 0 N–H and O–H groups in total. The Labute approximate surface area is 264 Å². The third-order valence-electron chi connectivity index (χ3n) is 8.25. The molecule has 0 aliphatic heterocycles. The fourth-order valence-electron chi connectivity index (χ4n) is 6.02. The van der Waals surface area contributed by atoms with E-state index in [9.17, 15) is 22.0 Å². The quantitative estimate of drug-likeness (QED) is 0.0846. The summed E-state index contributed by atoms with van der Waals surface area (Å²) in [6.45, 7) is 0. The van der Waals surface area contributed by atoms with Gasteiger partial charge in [0.25, 0.3) is 0 Å². The van der Waals surface area contributed by atoms with Crippen LogP contribution in [0.4, 0.5) is 22.0 Å². The zero-order valence-electron chi connectivity index (χ0n) is 24.3. The SMILES string of the molecule is Fc1c(F)c(F)c(-c2ccc(-c3nc4ccccc4c4c3ccc3nc(-c5ccccc5)c(-c5ccccc5)nc34)cc2)c(F)c1F. The maximum atomic E-state index is 14.6. The molecular formula is C39H20F5N3. The second-order valence-electron chi connectivity index (χ2n) is 11.0. The largest absolute Gasteiger partial charge is 0.247 e. The van der Waals surface area contributed by atoms with Gasteiger partial charge in [0.05, 0.1) is 39.2 Å². The summed E-state index contributed by atoms with van der Waals surface area (Å²) in [5, 5.41) is 2.42. The Kier molecular flexibility index (Phi) is 6.72. The highest BCUT2D eigenvalue weighted by Gasteiger charge is 2.27. The summed E-state index contributed by atoms with van der Waals surface area (Å²) in [5.41, 5.74) is 5.29. The minimum Gasteiger partial charge on any atom is -0.247 e. The zero-order chi connectivity index (χ0) is 32.2. The van der Waals surface area contributed by atoms with Crippen LogP contribution in [0.3, 0.4) is 0 Å². The average Bonchev–Trinajstić information content (AvgIpc) is 3.13. The van der Waals surface area contributed by atoms with Crippen LogP contribution in [0.2, 0.25) is 0 Å². The van der Waals surface area contributed by atoms with Gasteiger partial charge in [-0.2, -0.15) is 0 Å². The first-order chi connectivity index (χ1) is 22.9. The average molecular weight is 626 g/mol. The predicted molar refractivity (Wildman–Crippen MR) is 174 cm³/mol. The fourth-order valence-corrected chi connectivity index (χ4v) is 6.02. The molecule has 0 bridgehead atoms. The number of hydrogen-bond acceptors (Lipinski definition) is 3. The topological polar surface area (TPSA) is 38.7 Å². The number of halogens is 5. The molecule has 47 heavy (non-hydrogen) atoms. The maximum absolute atomic E-state index is 14.6. The van der Waals surface area contributed by atoms with Crippen LogP contribution in [0.15, 0.2) is 121 Å². The number of nitrogens with zero attached hydrogens (tertiary/aromatic N) is 3. The molecule has 3 nitrogen and oxygen atoms in total. The second-order valence-corrected chi connectivity index (χ2v) is 11.0. The molecule has 2 heterocycles. The highest BCUT2D eigenvalue weighted by atomic mass is 19.2. The Balaban J connectivity index is 1.38. The second kappa shape index (κ2) is 11.1. The summed E-state index contributed by atoms with van der Waals surface area (Å²) in [7, 11) is 0. The molecule has 0 saturated heterocycles. The summed E-state index contributed by atoms with van der Waals surface area (Å²) in [6, 6.07) is 36.9. The minimum atomic E-state index is -2.20. The van der Waals surface area contributed by atoms with E-state index in [4.69, 9.17) is 15.0 Å². The number of pyridine rings is 1. The van der Waals surface area contributed by atoms with E-state index in [1.165, 1.54) is 12.1 Å². The van der Waals surface area contributed by atoms with Crippen molar-refractivity contribution in [1.82, 2.24) is 15.0 Å². The minimum absolute atomic E-state index is 0.163. The van der Waals surface area contributed by atoms with E-state index in [0.717, 1.165) is 33.0 Å². The molecular weight excluding hydrogens is 605 g/mol. The molecule has 0 aliphatic carbocycles. The first kappa shape index (κ1) is 28.5. The fraction of sp³-hybridized carbons (Fsp3) is 0. The van der Waals surface area contributed by atoms with Gasteiger partial charge in [-0.15, -0.1) is 0 Å². The van der Waals surface area contributed by atoms with Gasteiger partial charge in [0.15, 0.2) is 23.3 Å². The van der Waals surface area contributed by atoms with Gasteiger partial charge in [-0.1, -0.05) is 103 Å². The summed E-state index contributed by atoms with van der Waals surface area (Å²) >= 11 is 0. The number of rotatable bonds is 4. The molecule has 0 fully saturated rings. The zero-order valence-corrected chi connectivity index (χ0v) is 24.3. The van der Waals surface area contributed by atoms with Gasteiger partial charge < -0.3 is 0 Å². The van der Waals surface area contributed by atoms with Crippen molar-refractivity contribution in [2.75, 3.05) is 0 Å². The van der Waals surface area contributed by atoms with Gasteiger partial charge >= 0.3 is 0 Å². The van der Waals surface area contributed by atoms with E-state index in [2.05, 4.69) is 0 Å². The van der Waals surface area contributed by atoms with E-state index < -0.39 is 34.6 Å². The van der Waals surface area contributed by atoms with Crippen molar-refractivity contribution >= 4 is 32.7 Å². The monoisotopic (exact) mass is 625 g/mol. The summed E-state index contributed by atoms with van der Waals surface area (Å²) in [4.78, 5) is 15.3. The molecule has 0 amide bonds. The van der Waals surface area contributed by atoms with E-state index >= 15 is 0 Å². The molecule has 226 valence electrons. The molecule has 8 aromatic rings. The van der Waals surface area contributed by atoms with E-state index in [1.54, 1.807) is 12.1 Å². The van der Waals surface area contributed by atoms with Crippen LogP contribution in [0.25, 0.3) is 77.6 Å². The van der Waals surface area contributed by atoms with Crippen molar-refractivity contribution in [2.45, 2.75) is 0 Å². The van der Waals surface area contributed by atoms with Gasteiger partial charge in [0.2, 0.25) is 5.82 Å². The van der Waals surface area contributed by atoms with Crippen LogP contribution < -0.4 is 0 Å². The number of aromatic nitrogens is 3. The summed E-state index contributed by atoms with van der Waals surface area (Å²) in [5.74, 6) is -9.98. The Hall–Kier alpha value is -6.02. The molecule has 0 atom stereocenters. The van der Waals surface area contributed by atoms with E-state index in [1.807, 2.05) is 97.1 Å². The van der Waals surface area contributed by atoms with Gasteiger partial charge in [0.1, 0.15) is 0 Å². The lowest BCUT2D eigenvalue weighted by molar-refractivity contribution is 0.381. The normalized spacial score (nSPS) is 11.5. The van der Waals surface area contributed by atoms with Crippen molar-refractivity contribution < 1.29 is 22.0 Å². The van der Waals surface area contributed by atoms with Crippen LogP contribution in [0.5, 0.6) is 0 Å².